The highest BCUT2D eigenvalue weighted by atomic mass is 16.5. The minimum atomic E-state index is -0.107. The van der Waals surface area contributed by atoms with Crippen molar-refractivity contribution in [2.24, 2.45) is 5.73 Å². The molecule has 0 spiro atoms. The van der Waals surface area contributed by atoms with E-state index in [9.17, 15) is 4.79 Å². The number of rotatable bonds is 10. The molecule has 0 unspecified atom stereocenters. The Balaban J connectivity index is 1.33. The molecule has 7 heteroatoms. The van der Waals surface area contributed by atoms with Gasteiger partial charge < -0.3 is 25.7 Å². The van der Waals surface area contributed by atoms with Gasteiger partial charge in [0.2, 0.25) is 0 Å². The lowest BCUT2D eigenvalue weighted by Gasteiger charge is -2.12. The van der Waals surface area contributed by atoms with Crippen LogP contribution >= 0.6 is 0 Å². The summed E-state index contributed by atoms with van der Waals surface area (Å²) in [4.78, 5) is 17.8. The van der Waals surface area contributed by atoms with Crippen molar-refractivity contribution in [1.82, 2.24) is 15.2 Å². The van der Waals surface area contributed by atoms with Crippen LogP contribution in [0.3, 0.4) is 0 Å². The lowest BCUT2D eigenvalue weighted by atomic mass is 10.0. The van der Waals surface area contributed by atoms with Crippen LogP contribution in [0.2, 0.25) is 0 Å². The van der Waals surface area contributed by atoms with Crippen molar-refractivity contribution in [3.05, 3.63) is 89.6 Å². The number of ether oxygens (including phenoxy) is 1. The summed E-state index contributed by atoms with van der Waals surface area (Å²) in [5.74, 6) is 0.762. The number of nitrogens with two attached hydrogens (primary N) is 1. The SMILES string of the molecule is CN(C)CCOc1cccc(-c2ccc(C(=O)NCCc3ccc4[nH]cc(C(=N)N)c4c3)cc2)c1. The largest absolute Gasteiger partial charge is 0.492 e. The highest BCUT2D eigenvalue weighted by Crippen LogP contribution is 2.24. The van der Waals surface area contributed by atoms with Crippen molar-refractivity contribution in [3.8, 4) is 16.9 Å². The van der Waals surface area contributed by atoms with Crippen molar-refractivity contribution < 1.29 is 9.53 Å². The molecule has 0 saturated carbocycles. The maximum Gasteiger partial charge on any atom is 0.251 e. The highest BCUT2D eigenvalue weighted by molar-refractivity contribution is 6.07. The molecule has 0 saturated heterocycles. The molecule has 7 nitrogen and oxygen atoms in total. The van der Waals surface area contributed by atoms with Gasteiger partial charge in [-0.15, -0.1) is 0 Å². The summed E-state index contributed by atoms with van der Waals surface area (Å²) in [6, 6.07) is 21.6. The number of H-pyrrole nitrogens is 1. The Morgan fingerprint density at radius 1 is 1.06 bits per heavy atom. The van der Waals surface area contributed by atoms with Gasteiger partial charge in [-0.1, -0.05) is 30.3 Å². The van der Waals surface area contributed by atoms with Crippen LogP contribution in [-0.4, -0.2) is 55.4 Å². The van der Waals surface area contributed by atoms with Crippen molar-refractivity contribution in [2.75, 3.05) is 33.8 Å². The number of nitrogen functional groups attached to an aromatic ring is 1. The van der Waals surface area contributed by atoms with Crippen LogP contribution in [0.1, 0.15) is 21.5 Å². The van der Waals surface area contributed by atoms with Gasteiger partial charge in [-0.3, -0.25) is 10.2 Å². The second-order valence-corrected chi connectivity index (χ2v) is 8.76. The van der Waals surface area contributed by atoms with Crippen molar-refractivity contribution in [3.63, 3.8) is 0 Å². The van der Waals surface area contributed by atoms with Gasteiger partial charge in [-0.05, 0) is 73.6 Å². The maximum absolute atomic E-state index is 12.6. The third-order valence-electron chi connectivity index (χ3n) is 5.86. The van der Waals surface area contributed by atoms with Crippen LogP contribution in [-0.2, 0) is 6.42 Å². The molecule has 1 aromatic heterocycles. The Bertz CT molecular complexity index is 1320. The molecule has 0 atom stereocenters. The molecule has 180 valence electrons. The molecule has 3 aromatic carbocycles. The first kappa shape index (κ1) is 24.0. The molecule has 1 heterocycles. The number of aromatic nitrogens is 1. The Morgan fingerprint density at radius 3 is 2.60 bits per heavy atom. The molecule has 0 aliphatic heterocycles. The van der Waals surface area contributed by atoms with Gasteiger partial charge in [0.25, 0.3) is 5.91 Å². The Kier molecular flexibility index (Phi) is 7.48. The number of hydrogen-bond donors (Lipinski definition) is 4. The van der Waals surface area contributed by atoms with E-state index in [1.807, 2.05) is 80.8 Å². The normalized spacial score (nSPS) is 11.1. The van der Waals surface area contributed by atoms with E-state index >= 15 is 0 Å². The van der Waals surface area contributed by atoms with Gasteiger partial charge in [0.05, 0.1) is 0 Å². The first-order chi connectivity index (χ1) is 16.9. The molecule has 4 aromatic rings. The Morgan fingerprint density at radius 2 is 1.86 bits per heavy atom. The number of carbonyl (C=O) groups excluding carboxylic acids is 1. The molecule has 0 aliphatic carbocycles. The average molecular weight is 470 g/mol. The summed E-state index contributed by atoms with van der Waals surface area (Å²) < 4.78 is 5.83. The van der Waals surface area contributed by atoms with Gasteiger partial charge >= 0.3 is 0 Å². The minimum Gasteiger partial charge on any atom is -0.492 e. The number of benzene rings is 3. The first-order valence-electron chi connectivity index (χ1n) is 11.6. The van der Waals surface area contributed by atoms with Crippen LogP contribution in [0.15, 0.2) is 72.9 Å². The van der Waals surface area contributed by atoms with Crippen LogP contribution in [0.4, 0.5) is 0 Å². The monoisotopic (exact) mass is 469 g/mol. The fourth-order valence-electron chi connectivity index (χ4n) is 3.89. The van der Waals surface area contributed by atoms with Crippen LogP contribution < -0.4 is 15.8 Å². The summed E-state index contributed by atoms with van der Waals surface area (Å²) in [7, 11) is 4.04. The summed E-state index contributed by atoms with van der Waals surface area (Å²) in [6.07, 6.45) is 2.43. The summed E-state index contributed by atoms with van der Waals surface area (Å²) in [6.45, 7) is 2.00. The van der Waals surface area contributed by atoms with Crippen molar-refractivity contribution in [1.29, 1.82) is 5.41 Å². The second-order valence-electron chi connectivity index (χ2n) is 8.76. The number of aromatic amines is 1. The van der Waals surface area contributed by atoms with E-state index in [0.717, 1.165) is 39.9 Å². The van der Waals surface area contributed by atoms with Gasteiger partial charge in [0, 0.05) is 41.3 Å². The lowest BCUT2D eigenvalue weighted by Crippen LogP contribution is -2.25. The molecule has 4 rings (SSSR count). The molecule has 0 bridgehead atoms. The van der Waals surface area contributed by atoms with Crippen LogP contribution in [0.25, 0.3) is 22.0 Å². The highest BCUT2D eigenvalue weighted by Gasteiger charge is 2.09. The van der Waals surface area contributed by atoms with E-state index in [-0.39, 0.29) is 11.7 Å². The first-order valence-corrected chi connectivity index (χ1v) is 11.6. The van der Waals surface area contributed by atoms with Crippen molar-refractivity contribution >= 4 is 22.6 Å². The summed E-state index contributed by atoms with van der Waals surface area (Å²) in [5, 5.41) is 11.6. The molecule has 0 radical (unpaired) electrons. The molecular weight excluding hydrogens is 438 g/mol. The number of nitrogens with zero attached hydrogens (tertiary/aromatic N) is 1. The fraction of sp³-hybridized carbons (Fsp3) is 0.214. The molecule has 1 amide bonds. The van der Waals surface area contributed by atoms with E-state index in [0.29, 0.717) is 30.7 Å². The van der Waals surface area contributed by atoms with Gasteiger partial charge in [0.1, 0.15) is 18.2 Å². The molecule has 0 aliphatic rings. The number of nitrogens with one attached hydrogen (secondary N) is 3. The third kappa shape index (κ3) is 6.07. The van der Waals surface area contributed by atoms with Gasteiger partial charge in [-0.2, -0.15) is 0 Å². The van der Waals surface area contributed by atoms with E-state index in [1.54, 1.807) is 6.20 Å². The Hall–Kier alpha value is -4.10. The van der Waals surface area contributed by atoms with Crippen LogP contribution in [0, 0.1) is 5.41 Å². The number of amidine groups is 1. The number of likely N-dealkylation sites (N-methyl/N-ethyl adjacent to an activating group) is 1. The summed E-state index contributed by atoms with van der Waals surface area (Å²) in [5.41, 5.74) is 11.1. The number of hydrogen-bond acceptors (Lipinski definition) is 4. The number of amides is 1. The molecule has 0 fully saturated rings. The maximum atomic E-state index is 12.6. The Labute approximate surface area is 205 Å². The quantitative estimate of drug-likeness (QED) is 0.208. The van der Waals surface area contributed by atoms with Crippen molar-refractivity contribution in [2.45, 2.75) is 6.42 Å². The topological polar surface area (TPSA) is 107 Å². The third-order valence-corrected chi connectivity index (χ3v) is 5.86. The van der Waals surface area contributed by atoms with Gasteiger partial charge in [0.15, 0.2) is 0 Å². The zero-order chi connectivity index (χ0) is 24.8. The van der Waals surface area contributed by atoms with E-state index in [2.05, 4.69) is 15.2 Å². The van der Waals surface area contributed by atoms with Gasteiger partial charge in [-0.25, -0.2) is 0 Å². The van der Waals surface area contributed by atoms with E-state index in [1.165, 1.54) is 0 Å². The molecule has 35 heavy (non-hydrogen) atoms. The predicted molar refractivity (Wildman–Crippen MR) is 141 cm³/mol. The zero-order valence-electron chi connectivity index (χ0n) is 20.1. The lowest BCUT2D eigenvalue weighted by molar-refractivity contribution is 0.0954. The molecular formula is C28H31N5O2. The number of carbonyl (C=O) groups is 1. The second kappa shape index (κ2) is 10.9. The zero-order valence-corrected chi connectivity index (χ0v) is 20.1. The molecule has 5 N–H and O–H groups in total. The standard InChI is InChI=1S/C28H31N5O2/c1-33(2)14-15-35-23-5-3-4-22(17-23)20-7-9-21(10-8-20)28(34)31-13-12-19-6-11-26-24(16-19)25(18-32-26)27(29)30/h3-11,16-18,32H,12-15H2,1-2H3,(H3,29,30)(H,31,34). The van der Waals surface area contributed by atoms with E-state index < -0.39 is 0 Å². The smallest absolute Gasteiger partial charge is 0.251 e. The average Bonchev–Trinajstić information content (AvgIpc) is 3.28. The fourth-order valence-corrected chi connectivity index (χ4v) is 3.89. The number of fused-ring (bicyclic) bond motifs is 1. The van der Waals surface area contributed by atoms with Crippen LogP contribution in [0.5, 0.6) is 5.75 Å². The minimum absolute atomic E-state index is 0.0359. The van der Waals surface area contributed by atoms with E-state index in [4.69, 9.17) is 15.9 Å². The summed E-state index contributed by atoms with van der Waals surface area (Å²) >= 11 is 0. The predicted octanol–water partition coefficient (Wildman–Crippen LogP) is 4.03.